The van der Waals surface area contributed by atoms with E-state index >= 15 is 0 Å². The van der Waals surface area contributed by atoms with Gasteiger partial charge in [-0.15, -0.1) is 0 Å². The number of hydrogen-bond donors (Lipinski definition) is 0. The predicted octanol–water partition coefficient (Wildman–Crippen LogP) is 5.27. The number of fused-ring (bicyclic) bond motifs is 1. The number of halogens is 1. The van der Waals surface area contributed by atoms with Gasteiger partial charge < -0.3 is 9.47 Å². The van der Waals surface area contributed by atoms with Crippen LogP contribution in [0.5, 0.6) is 11.5 Å². The van der Waals surface area contributed by atoms with Gasteiger partial charge >= 0.3 is 0 Å². The first-order valence-corrected chi connectivity index (χ1v) is 10.8. The summed E-state index contributed by atoms with van der Waals surface area (Å²) in [5, 5.41) is 1.06. The molecule has 2 aromatic heterocycles. The molecule has 0 unspecified atom stereocenters. The van der Waals surface area contributed by atoms with Gasteiger partial charge in [-0.3, -0.25) is 14.7 Å². The SMILES string of the molecule is COc1ccc(Cl)c2sc(N(Cc3ccccn3)C(=O)COc3cccc(C)c3)nc12. The lowest BCUT2D eigenvalue weighted by molar-refractivity contribution is -0.120. The summed E-state index contributed by atoms with van der Waals surface area (Å²) < 4.78 is 11.9. The molecule has 2 heterocycles. The van der Waals surface area contributed by atoms with Crippen LogP contribution in [0.4, 0.5) is 5.13 Å². The minimum Gasteiger partial charge on any atom is -0.494 e. The number of methoxy groups -OCH3 is 1. The molecular weight excluding hydrogens is 434 g/mol. The van der Waals surface area contributed by atoms with Gasteiger partial charge in [0.1, 0.15) is 17.0 Å². The highest BCUT2D eigenvalue weighted by Gasteiger charge is 2.23. The Morgan fingerprint density at radius 3 is 2.77 bits per heavy atom. The van der Waals surface area contributed by atoms with Crippen LogP contribution >= 0.6 is 22.9 Å². The maximum atomic E-state index is 13.2. The third-order valence-electron chi connectivity index (χ3n) is 4.60. The fraction of sp³-hybridized carbons (Fsp3) is 0.174. The van der Waals surface area contributed by atoms with Gasteiger partial charge in [-0.2, -0.15) is 0 Å². The minimum absolute atomic E-state index is 0.128. The topological polar surface area (TPSA) is 64.5 Å². The molecule has 1 amide bonds. The number of aromatic nitrogens is 2. The van der Waals surface area contributed by atoms with Crippen LogP contribution in [-0.4, -0.2) is 29.6 Å². The van der Waals surface area contributed by atoms with E-state index in [1.165, 1.54) is 11.3 Å². The first kappa shape index (κ1) is 21.1. The molecule has 158 valence electrons. The summed E-state index contributed by atoms with van der Waals surface area (Å²) in [6, 6.07) is 16.7. The quantitative estimate of drug-likeness (QED) is 0.381. The van der Waals surface area contributed by atoms with Crippen molar-refractivity contribution in [1.82, 2.24) is 9.97 Å². The largest absolute Gasteiger partial charge is 0.494 e. The third-order valence-corrected chi connectivity index (χ3v) is 6.14. The van der Waals surface area contributed by atoms with Crippen LogP contribution < -0.4 is 14.4 Å². The van der Waals surface area contributed by atoms with Gasteiger partial charge in [-0.25, -0.2) is 4.98 Å². The van der Waals surface area contributed by atoms with E-state index in [4.69, 9.17) is 21.1 Å². The number of amides is 1. The summed E-state index contributed by atoms with van der Waals surface area (Å²) in [6.45, 7) is 2.11. The Morgan fingerprint density at radius 1 is 1.16 bits per heavy atom. The Bertz CT molecular complexity index is 1210. The number of carbonyl (C=O) groups is 1. The molecule has 0 fully saturated rings. The molecule has 31 heavy (non-hydrogen) atoms. The highest BCUT2D eigenvalue weighted by Crippen LogP contribution is 2.39. The van der Waals surface area contributed by atoms with Gasteiger partial charge in [-0.05, 0) is 48.9 Å². The molecule has 0 saturated heterocycles. The Morgan fingerprint density at radius 2 is 2.03 bits per heavy atom. The number of hydrogen-bond acceptors (Lipinski definition) is 6. The number of rotatable bonds is 7. The number of benzene rings is 2. The Kier molecular flexibility index (Phi) is 6.34. The van der Waals surface area contributed by atoms with Gasteiger partial charge in [0.25, 0.3) is 5.91 Å². The smallest absolute Gasteiger partial charge is 0.267 e. The molecule has 4 aromatic rings. The number of ether oxygens (including phenoxy) is 2. The normalized spacial score (nSPS) is 10.8. The van der Waals surface area contributed by atoms with Gasteiger partial charge in [0.2, 0.25) is 0 Å². The molecule has 0 spiro atoms. The molecule has 2 aromatic carbocycles. The highest BCUT2D eigenvalue weighted by atomic mass is 35.5. The Hall–Kier alpha value is -3.16. The molecule has 0 N–H and O–H groups in total. The fourth-order valence-electron chi connectivity index (χ4n) is 3.07. The molecule has 0 saturated carbocycles. The molecule has 0 aliphatic heterocycles. The van der Waals surface area contributed by atoms with Crippen molar-refractivity contribution in [2.24, 2.45) is 0 Å². The maximum absolute atomic E-state index is 13.2. The van der Waals surface area contributed by atoms with E-state index in [1.807, 2.05) is 49.4 Å². The van der Waals surface area contributed by atoms with Crippen molar-refractivity contribution in [3.63, 3.8) is 0 Å². The van der Waals surface area contributed by atoms with E-state index in [-0.39, 0.29) is 19.1 Å². The summed E-state index contributed by atoms with van der Waals surface area (Å²) in [6.07, 6.45) is 1.69. The van der Waals surface area contributed by atoms with E-state index in [2.05, 4.69) is 9.97 Å². The first-order chi connectivity index (χ1) is 15.0. The zero-order valence-corrected chi connectivity index (χ0v) is 18.6. The maximum Gasteiger partial charge on any atom is 0.267 e. The van der Waals surface area contributed by atoms with E-state index in [1.54, 1.807) is 30.3 Å². The number of nitrogens with zero attached hydrogens (tertiary/aromatic N) is 3. The molecule has 6 nitrogen and oxygen atoms in total. The monoisotopic (exact) mass is 453 g/mol. The standard InChI is InChI=1S/C23H20ClN3O3S/c1-15-6-5-8-17(12-15)30-14-20(28)27(13-16-7-3-4-11-25-16)23-26-21-19(29-2)10-9-18(24)22(21)31-23/h3-12H,13-14H2,1-2H3. The molecule has 8 heteroatoms. The van der Waals surface area contributed by atoms with Crippen LogP contribution in [0, 0.1) is 6.92 Å². The molecule has 0 radical (unpaired) electrons. The van der Waals surface area contributed by atoms with Crippen molar-refractivity contribution in [2.75, 3.05) is 18.6 Å². The van der Waals surface area contributed by atoms with E-state index in [0.29, 0.717) is 27.2 Å². The molecule has 0 atom stereocenters. The van der Waals surface area contributed by atoms with Gasteiger partial charge in [-0.1, -0.05) is 41.1 Å². The second-order valence-electron chi connectivity index (χ2n) is 6.83. The van der Waals surface area contributed by atoms with Crippen molar-refractivity contribution >= 4 is 44.2 Å². The fourth-order valence-corrected chi connectivity index (χ4v) is 4.34. The van der Waals surface area contributed by atoms with Crippen molar-refractivity contribution in [3.8, 4) is 11.5 Å². The lowest BCUT2D eigenvalue weighted by Gasteiger charge is -2.19. The van der Waals surface area contributed by atoms with Crippen molar-refractivity contribution in [2.45, 2.75) is 13.5 Å². The van der Waals surface area contributed by atoms with Crippen LogP contribution in [0.25, 0.3) is 10.2 Å². The van der Waals surface area contributed by atoms with Crippen LogP contribution in [0.15, 0.2) is 60.8 Å². The lowest BCUT2D eigenvalue weighted by Crippen LogP contribution is -2.34. The number of aryl methyl sites for hydroxylation is 1. The average Bonchev–Trinajstić information content (AvgIpc) is 3.23. The summed E-state index contributed by atoms with van der Waals surface area (Å²) in [5.41, 5.74) is 2.42. The Balaban J connectivity index is 1.66. The van der Waals surface area contributed by atoms with Crippen molar-refractivity contribution < 1.29 is 14.3 Å². The van der Waals surface area contributed by atoms with Gasteiger partial charge in [0, 0.05) is 6.20 Å². The predicted molar refractivity (Wildman–Crippen MR) is 123 cm³/mol. The highest BCUT2D eigenvalue weighted by molar-refractivity contribution is 7.23. The van der Waals surface area contributed by atoms with E-state index in [9.17, 15) is 4.79 Å². The summed E-state index contributed by atoms with van der Waals surface area (Å²) >= 11 is 7.71. The van der Waals surface area contributed by atoms with Crippen molar-refractivity contribution in [1.29, 1.82) is 0 Å². The number of carbonyl (C=O) groups excluding carboxylic acids is 1. The number of pyridine rings is 1. The van der Waals surface area contributed by atoms with Gasteiger partial charge in [0.05, 0.1) is 29.1 Å². The summed E-state index contributed by atoms with van der Waals surface area (Å²) in [5.74, 6) is 1.00. The zero-order valence-electron chi connectivity index (χ0n) is 17.0. The molecule has 4 rings (SSSR count). The van der Waals surface area contributed by atoms with Crippen LogP contribution in [-0.2, 0) is 11.3 Å². The summed E-state index contributed by atoms with van der Waals surface area (Å²) in [4.78, 5) is 23.8. The zero-order chi connectivity index (χ0) is 21.8. The first-order valence-electron chi connectivity index (χ1n) is 9.58. The average molecular weight is 454 g/mol. The number of thiazole rings is 1. The van der Waals surface area contributed by atoms with Crippen LogP contribution in [0.1, 0.15) is 11.3 Å². The van der Waals surface area contributed by atoms with E-state index < -0.39 is 0 Å². The lowest BCUT2D eigenvalue weighted by atomic mass is 10.2. The second kappa shape index (κ2) is 9.32. The number of anilines is 1. The molecule has 0 bridgehead atoms. The minimum atomic E-state index is -0.235. The molecule has 0 aliphatic rings. The van der Waals surface area contributed by atoms with E-state index in [0.717, 1.165) is 16.0 Å². The summed E-state index contributed by atoms with van der Waals surface area (Å²) in [7, 11) is 1.58. The van der Waals surface area contributed by atoms with Crippen LogP contribution in [0.3, 0.4) is 0 Å². The second-order valence-corrected chi connectivity index (χ2v) is 8.21. The Labute approximate surface area is 189 Å². The molecule has 0 aliphatic carbocycles. The van der Waals surface area contributed by atoms with Crippen LogP contribution in [0.2, 0.25) is 5.02 Å². The third kappa shape index (κ3) is 4.78. The molecular formula is C23H20ClN3O3S. The van der Waals surface area contributed by atoms with Crippen molar-refractivity contribution in [3.05, 3.63) is 77.1 Å². The van der Waals surface area contributed by atoms with Gasteiger partial charge in [0.15, 0.2) is 11.7 Å².